The predicted molar refractivity (Wildman–Crippen MR) is 98.4 cm³/mol. The summed E-state index contributed by atoms with van der Waals surface area (Å²) in [7, 11) is 0. The maximum absolute atomic E-state index is 12.2. The highest BCUT2D eigenvalue weighted by molar-refractivity contribution is 5.14. The summed E-state index contributed by atoms with van der Waals surface area (Å²) in [5.74, 6) is 0. The molecule has 2 N–H and O–H groups in total. The number of nitrogens with zero attached hydrogens (tertiary/aromatic N) is 1. The number of nitrogens with one attached hydrogen (secondary N) is 1. The standard InChI is InChI=1S/C20H24N2O5/c1-13-11-22(19(24)21-18(13)23)16-10-20(25)9-5-8-15(17(20)27-16)26-12-14-6-3-2-4-7-14/h2-4,6-7,11,15-17,25H,5,8-10,12H2,1H3,(H,21,23,24). The highest BCUT2D eigenvalue weighted by atomic mass is 16.6. The summed E-state index contributed by atoms with van der Waals surface area (Å²) >= 11 is 0. The van der Waals surface area contributed by atoms with Gasteiger partial charge in [-0.05, 0) is 31.7 Å². The van der Waals surface area contributed by atoms with Crippen LogP contribution in [0.5, 0.6) is 0 Å². The van der Waals surface area contributed by atoms with E-state index in [9.17, 15) is 14.7 Å². The third kappa shape index (κ3) is 3.50. The molecule has 1 aromatic heterocycles. The summed E-state index contributed by atoms with van der Waals surface area (Å²) < 4.78 is 13.5. The largest absolute Gasteiger partial charge is 0.387 e. The first-order chi connectivity index (χ1) is 13.0. The molecule has 1 aliphatic carbocycles. The first-order valence-electron chi connectivity index (χ1n) is 9.32. The number of aryl methyl sites for hydroxylation is 1. The van der Waals surface area contributed by atoms with Crippen molar-refractivity contribution < 1.29 is 14.6 Å². The summed E-state index contributed by atoms with van der Waals surface area (Å²) in [6.45, 7) is 2.08. The number of ether oxygens (including phenoxy) is 2. The van der Waals surface area contributed by atoms with E-state index in [2.05, 4.69) is 4.98 Å². The van der Waals surface area contributed by atoms with Crippen LogP contribution in [0.3, 0.4) is 0 Å². The van der Waals surface area contributed by atoms with Gasteiger partial charge in [0.05, 0.1) is 18.3 Å². The lowest BCUT2D eigenvalue weighted by Gasteiger charge is -2.38. The number of H-pyrrole nitrogens is 1. The van der Waals surface area contributed by atoms with Crippen molar-refractivity contribution in [3.63, 3.8) is 0 Å². The summed E-state index contributed by atoms with van der Waals surface area (Å²) in [6, 6.07) is 9.87. The van der Waals surface area contributed by atoms with Gasteiger partial charge in [-0.25, -0.2) is 4.79 Å². The SMILES string of the molecule is Cc1cn(C2CC3(O)CCCC(OCc4ccccc4)C3O2)c(=O)[nH]c1=O. The van der Waals surface area contributed by atoms with Gasteiger partial charge in [0.15, 0.2) is 0 Å². The van der Waals surface area contributed by atoms with Gasteiger partial charge in [-0.1, -0.05) is 30.3 Å². The van der Waals surface area contributed by atoms with E-state index in [1.165, 1.54) is 10.8 Å². The quantitative estimate of drug-likeness (QED) is 0.851. The van der Waals surface area contributed by atoms with Crippen LogP contribution < -0.4 is 11.2 Å². The first kappa shape index (κ1) is 18.2. The molecule has 27 heavy (non-hydrogen) atoms. The zero-order valence-electron chi connectivity index (χ0n) is 15.3. The van der Waals surface area contributed by atoms with Gasteiger partial charge in [0.2, 0.25) is 0 Å². The lowest BCUT2D eigenvalue weighted by Crippen LogP contribution is -2.50. The lowest BCUT2D eigenvalue weighted by molar-refractivity contribution is -0.160. The van der Waals surface area contributed by atoms with Crippen LogP contribution in [0.1, 0.15) is 43.0 Å². The second kappa shape index (κ2) is 7.07. The van der Waals surface area contributed by atoms with E-state index in [0.717, 1.165) is 18.4 Å². The van der Waals surface area contributed by atoms with E-state index in [-0.39, 0.29) is 6.10 Å². The molecule has 4 unspecified atom stereocenters. The Morgan fingerprint density at radius 1 is 1.33 bits per heavy atom. The fourth-order valence-electron chi connectivity index (χ4n) is 4.11. The maximum Gasteiger partial charge on any atom is 0.330 e. The average molecular weight is 372 g/mol. The first-order valence-corrected chi connectivity index (χ1v) is 9.32. The van der Waals surface area contributed by atoms with E-state index in [0.29, 0.717) is 25.0 Å². The molecule has 0 bridgehead atoms. The Balaban J connectivity index is 1.54. The third-order valence-corrected chi connectivity index (χ3v) is 5.56. The van der Waals surface area contributed by atoms with Crippen molar-refractivity contribution in [1.82, 2.24) is 9.55 Å². The number of aromatic nitrogens is 2. The summed E-state index contributed by atoms with van der Waals surface area (Å²) in [5, 5.41) is 11.1. The Kier molecular flexibility index (Phi) is 4.75. The van der Waals surface area contributed by atoms with Gasteiger partial charge >= 0.3 is 5.69 Å². The van der Waals surface area contributed by atoms with Crippen molar-refractivity contribution in [3.05, 3.63) is 68.5 Å². The molecule has 1 aromatic carbocycles. The van der Waals surface area contributed by atoms with Crippen LogP contribution in [0.2, 0.25) is 0 Å². The number of rotatable bonds is 4. The molecule has 4 atom stereocenters. The van der Waals surface area contributed by atoms with Gasteiger partial charge in [0.25, 0.3) is 5.56 Å². The minimum Gasteiger partial charge on any atom is -0.387 e. The third-order valence-electron chi connectivity index (χ3n) is 5.56. The van der Waals surface area contributed by atoms with Crippen LogP contribution in [0.15, 0.2) is 46.1 Å². The lowest BCUT2D eigenvalue weighted by atomic mass is 9.79. The molecule has 2 aliphatic rings. The topological polar surface area (TPSA) is 93.6 Å². The minimum atomic E-state index is -1.03. The van der Waals surface area contributed by atoms with Crippen molar-refractivity contribution >= 4 is 0 Å². The molecular weight excluding hydrogens is 348 g/mol. The number of hydrogen-bond donors (Lipinski definition) is 2. The number of benzene rings is 1. The van der Waals surface area contributed by atoms with Crippen molar-refractivity contribution in [2.45, 2.75) is 63.3 Å². The van der Waals surface area contributed by atoms with Gasteiger partial charge in [-0.2, -0.15) is 0 Å². The Hall–Kier alpha value is -2.22. The minimum absolute atomic E-state index is 0.242. The molecular formula is C20H24N2O5. The molecule has 1 saturated heterocycles. The molecule has 2 aromatic rings. The van der Waals surface area contributed by atoms with Gasteiger partial charge in [0, 0.05) is 18.2 Å². The van der Waals surface area contributed by atoms with Crippen molar-refractivity contribution in [3.8, 4) is 0 Å². The van der Waals surface area contributed by atoms with E-state index < -0.39 is 29.2 Å². The van der Waals surface area contributed by atoms with Gasteiger partial charge in [0.1, 0.15) is 12.3 Å². The Morgan fingerprint density at radius 2 is 2.11 bits per heavy atom. The molecule has 0 radical (unpaired) electrons. The zero-order chi connectivity index (χ0) is 19.0. The van der Waals surface area contributed by atoms with Crippen molar-refractivity contribution in [2.75, 3.05) is 0 Å². The van der Waals surface area contributed by atoms with Crippen LogP contribution in [-0.4, -0.2) is 32.5 Å². The van der Waals surface area contributed by atoms with Crippen molar-refractivity contribution in [1.29, 1.82) is 0 Å². The highest BCUT2D eigenvalue weighted by Gasteiger charge is 2.53. The van der Waals surface area contributed by atoms with E-state index in [4.69, 9.17) is 9.47 Å². The second-order valence-corrected chi connectivity index (χ2v) is 7.52. The number of fused-ring (bicyclic) bond motifs is 1. The summed E-state index contributed by atoms with van der Waals surface area (Å²) in [4.78, 5) is 26.1. The Bertz CT molecular complexity index is 922. The zero-order valence-corrected chi connectivity index (χ0v) is 15.3. The van der Waals surface area contributed by atoms with Crippen LogP contribution in [0, 0.1) is 6.92 Å². The second-order valence-electron chi connectivity index (χ2n) is 7.52. The molecule has 2 fully saturated rings. The monoisotopic (exact) mass is 372 g/mol. The van der Waals surface area contributed by atoms with E-state index in [1.807, 2.05) is 30.3 Å². The van der Waals surface area contributed by atoms with Crippen molar-refractivity contribution in [2.24, 2.45) is 0 Å². The number of aliphatic hydroxyl groups is 1. The molecule has 7 heteroatoms. The molecule has 1 saturated carbocycles. The normalized spacial score (nSPS) is 30.2. The maximum atomic E-state index is 12.2. The molecule has 7 nitrogen and oxygen atoms in total. The van der Waals surface area contributed by atoms with Crippen LogP contribution in [0.25, 0.3) is 0 Å². The fourth-order valence-corrected chi connectivity index (χ4v) is 4.11. The molecule has 144 valence electrons. The summed E-state index contributed by atoms with van der Waals surface area (Å²) in [6.07, 6.45) is 2.67. The molecule has 0 spiro atoms. The Labute approximate surface area is 156 Å². The van der Waals surface area contributed by atoms with Crippen LogP contribution in [0.4, 0.5) is 0 Å². The molecule has 1 aliphatic heterocycles. The summed E-state index contributed by atoms with van der Waals surface area (Å²) in [5.41, 5.74) is -0.479. The van der Waals surface area contributed by atoms with Crippen LogP contribution in [-0.2, 0) is 16.1 Å². The number of hydrogen-bond acceptors (Lipinski definition) is 5. The van der Waals surface area contributed by atoms with Gasteiger partial charge in [-0.15, -0.1) is 0 Å². The Morgan fingerprint density at radius 3 is 2.89 bits per heavy atom. The highest BCUT2D eigenvalue weighted by Crippen LogP contribution is 2.45. The van der Waals surface area contributed by atoms with Gasteiger partial charge < -0.3 is 14.6 Å². The average Bonchev–Trinajstić information content (AvgIpc) is 3.01. The number of aromatic amines is 1. The van der Waals surface area contributed by atoms with Crippen LogP contribution >= 0.6 is 0 Å². The van der Waals surface area contributed by atoms with E-state index >= 15 is 0 Å². The molecule has 0 amide bonds. The fraction of sp³-hybridized carbons (Fsp3) is 0.500. The molecule has 4 rings (SSSR count). The molecule has 2 heterocycles. The smallest absolute Gasteiger partial charge is 0.330 e. The predicted octanol–water partition coefficient (Wildman–Crippen LogP) is 1.63. The van der Waals surface area contributed by atoms with Gasteiger partial charge in [-0.3, -0.25) is 14.3 Å². The van der Waals surface area contributed by atoms with E-state index in [1.54, 1.807) is 6.92 Å².